The molecular weight excluding hydrogens is 280 g/mol. The maximum atomic E-state index is 12.0. The van der Waals surface area contributed by atoms with E-state index in [9.17, 15) is 4.79 Å². The minimum atomic E-state index is -0.689. The summed E-state index contributed by atoms with van der Waals surface area (Å²) < 4.78 is 10.3. The maximum Gasteiger partial charge on any atom is 0.241 e. The number of rotatable bonds is 6. The van der Waals surface area contributed by atoms with Gasteiger partial charge in [0.1, 0.15) is 17.4 Å². The van der Waals surface area contributed by atoms with Gasteiger partial charge in [-0.1, -0.05) is 24.9 Å². The Morgan fingerprint density at radius 1 is 1.40 bits per heavy atom. The minimum Gasteiger partial charge on any atom is -0.495 e. The van der Waals surface area contributed by atoms with Gasteiger partial charge in [-0.2, -0.15) is 5.26 Å². The van der Waals surface area contributed by atoms with Crippen LogP contribution in [0.3, 0.4) is 0 Å². The first kappa shape index (κ1) is 16.1. The van der Waals surface area contributed by atoms with Crippen LogP contribution < -0.4 is 14.8 Å². The molecule has 0 spiro atoms. The Hall–Kier alpha value is -1.93. The van der Waals surface area contributed by atoms with Gasteiger partial charge in [-0.05, 0) is 12.5 Å². The third kappa shape index (κ3) is 3.78. The number of hydrogen-bond donors (Lipinski definition) is 1. The van der Waals surface area contributed by atoms with Gasteiger partial charge < -0.3 is 14.8 Å². The van der Waals surface area contributed by atoms with E-state index in [2.05, 4.69) is 5.32 Å². The smallest absolute Gasteiger partial charge is 0.241 e. The van der Waals surface area contributed by atoms with Crippen molar-refractivity contribution in [3.63, 3.8) is 0 Å². The van der Waals surface area contributed by atoms with Gasteiger partial charge in [0.2, 0.25) is 5.91 Å². The molecule has 0 aromatic heterocycles. The SMILES string of the molecule is CCCC(C#N)C(=O)Nc1cc(Cl)c(OC)cc1OC. The zero-order chi connectivity index (χ0) is 15.1. The molecule has 108 valence electrons. The third-order valence-corrected chi connectivity index (χ3v) is 3.08. The van der Waals surface area contributed by atoms with E-state index in [-0.39, 0.29) is 5.91 Å². The minimum absolute atomic E-state index is 0.354. The quantitative estimate of drug-likeness (QED) is 0.875. The van der Waals surface area contributed by atoms with E-state index in [1.807, 2.05) is 13.0 Å². The van der Waals surface area contributed by atoms with Crippen LogP contribution in [0.2, 0.25) is 5.02 Å². The number of anilines is 1. The van der Waals surface area contributed by atoms with Gasteiger partial charge in [0.05, 0.1) is 31.0 Å². The van der Waals surface area contributed by atoms with E-state index in [0.29, 0.717) is 28.6 Å². The Balaban J connectivity index is 3.00. The zero-order valence-corrected chi connectivity index (χ0v) is 12.5. The van der Waals surface area contributed by atoms with Crippen LogP contribution in [-0.2, 0) is 4.79 Å². The summed E-state index contributed by atoms with van der Waals surface area (Å²) >= 11 is 6.02. The van der Waals surface area contributed by atoms with Gasteiger partial charge in [-0.3, -0.25) is 4.79 Å². The van der Waals surface area contributed by atoms with E-state index in [0.717, 1.165) is 6.42 Å². The molecule has 1 amide bonds. The molecule has 1 N–H and O–H groups in total. The molecular formula is C14H17ClN2O3. The topological polar surface area (TPSA) is 71.4 Å². The number of benzene rings is 1. The normalized spacial score (nSPS) is 11.3. The lowest BCUT2D eigenvalue weighted by Gasteiger charge is -2.14. The number of methoxy groups -OCH3 is 2. The Labute approximate surface area is 123 Å². The van der Waals surface area contributed by atoms with Gasteiger partial charge in [0, 0.05) is 6.07 Å². The van der Waals surface area contributed by atoms with E-state index in [4.69, 9.17) is 26.3 Å². The highest BCUT2D eigenvalue weighted by Gasteiger charge is 2.19. The van der Waals surface area contributed by atoms with Crippen LogP contribution in [0.1, 0.15) is 19.8 Å². The lowest BCUT2D eigenvalue weighted by atomic mass is 10.0. The number of hydrogen-bond acceptors (Lipinski definition) is 4. The monoisotopic (exact) mass is 296 g/mol. The van der Waals surface area contributed by atoms with E-state index in [1.54, 1.807) is 6.07 Å². The summed E-state index contributed by atoms with van der Waals surface area (Å²) in [5.41, 5.74) is 0.416. The molecule has 20 heavy (non-hydrogen) atoms. The maximum absolute atomic E-state index is 12.0. The molecule has 0 heterocycles. The summed E-state index contributed by atoms with van der Waals surface area (Å²) in [6.45, 7) is 1.92. The Morgan fingerprint density at radius 2 is 2.05 bits per heavy atom. The first-order valence-corrected chi connectivity index (χ1v) is 6.57. The molecule has 1 aromatic carbocycles. The summed E-state index contributed by atoms with van der Waals surface area (Å²) in [7, 11) is 2.97. The Bertz CT molecular complexity index is 526. The highest BCUT2D eigenvalue weighted by molar-refractivity contribution is 6.32. The second kappa shape index (κ2) is 7.61. The molecule has 0 saturated heterocycles. The second-order valence-corrected chi connectivity index (χ2v) is 4.55. The van der Waals surface area contributed by atoms with Crippen molar-refractivity contribution in [2.75, 3.05) is 19.5 Å². The van der Waals surface area contributed by atoms with E-state index >= 15 is 0 Å². The van der Waals surface area contributed by atoms with Crippen molar-refractivity contribution >= 4 is 23.2 Å². The number of nitriles is 1. The van der Waals surface area contributed by atoms with Crippen molar-refractivity contribution < 1.29 is 14.3 Å². The van der Waals surface area contributed by atoms with Gasteiger partial charge in [-0.15, -0.1) is 0 Å². The molecule has 5 nitrogen and oxygen atoms in total. The van der Waals surface area contributed by atoms with Crippen molar-refractivity contribution in [1.29, 1.82) is 5.26 Å². The summed E-state index contributed by atoms with van der Waals surface area (Å²) in [6, 6.07) is 5.11. The van der Waals surface area contributed by atoms with Crippen molar-refractivity contribution in [2.24, 2.45) is 5.92 Å². The Kier molecular flexibility index (Phi) is 6.13. The Morgan fingerprint density at radius 3 is 2.55 bits per heavy atom. The molecule has 0 bridgehead atoms. The van der Waals surface area contributed by atoms with Crippen molar-refractivity contribution in [1.82, 2.24) is 0 Å². The molecule has 0 aliphatic heterocycles. The summed E-state index contributed by atoms with van der Waals surface area (Å²) in [6.07, 6.45) is 1.26. The fourth-order valence-corrected chi connectivity index (χ4v) is 1.96. The predicted octanol–water partition coefficient (Wildman–Crippen LogP) is 3.24. The summed E-state index contributed by atoms with van der Waals surface area (Å²) in [4.78, 5) is 12.0. The number of amides is 1. The molecule has 0 aliphatic carbocycles. The number of carbonyl (C=O) groups is 1. The van der Waals surface area contributed by atoms with Crippen LogP contribution in [-0.4, -0.2) is 20.1 Å². The van der Waals surface area contributed by atoms with Gasteiger partial charge in [0.15, 0.2) is 0 Å². The first-order chi connectivity index (χ1) is 9.57. The molecule has 1 unspecified atom stereocenters. The van der Waals surface area contributed by atoms with Crippen LogP contribution in [0.4, 0.5) is 5.69 Å². The molecule has 1 rings (SSSR count). The standard InChI is InChI=1S/C14H17ClN2O3/c1-4-5-9(8-16)14(18)17-11-6-10(15)12(19-2)7-13(11)20-3/h6-7,9H,4-5H2,1-3H3,(H,17,18). The lowest BCUT2D eigenvalue weighted by Crippen LogP contribution is -2.21. The number of halogens is 1. The summed E-state index contributed by atoms with van der Waals surface area (Å²) in [5.74, 6) is -0.181. The fourth-order valence-electron chi connectivity index (χ4n) is 1.72. The molecule has 1 atom stereocenters. The van der Waals surface area contributed by atoms with Crippen LogP contribution in [0.5, 0.6) is 11.5 Å². The van der Waals surface area contributed by atoms with Gasteiger partial charge in [0.25, 0.3) is 0 Å². The molecule has 0 radical (unpaired) electrons. The zero-order valence-electron chi connectivity index (χ0n) is 11.7. The lowest BCUT2D eigenvalue weighted by molar-refractivity contribution is -0.118. The molecule has 0 aliphatic rings. The number of ether oxygens (including phenoxy) is 2. The first-order valence-electron chi connectivity index (χ1n) is 6.19. The van der Waals surface area contributed by atoms with Crippen molar-refractivity contribution in [3.05, 3.63) is 17.2 Å². The highest BCUT2D eigenvalue weighted by atomic mass is 35.5. The van der Waals surface area contributed by atoms with Crippen molar-refractivity contribution in [3.8, 4) is 17.6 Å². The second-order valence-electron chi connectivity index (χ2n) is 4.15. The summed E-state index contributed by atoms with van der Waals surface area (Å²) in [5, 5.41) is 12.0. The number of nitrogens with zero attached hydrogens (tertiary/aromatic N) is 1. The molecule has 0 saturated carbocycles. The van der Waals surface area contributed by atoms with E-state index in [1.165, 1.54) is 20.3 Å². The van der Waals surface area contributed by atoms with Crippen LogP contribution >= 0.6 is 11.6 Å². The third-order valence-electron chi connectivity index (χ3n) is 2.78. The largest absolute Gasteiger partial charge is 0.495 e. The molecule has 6 heteroatoms. The van der Waals surface area contributed by atoms with Crippen LogP contribution in [0, 0.1) is 17.2 Å². The predicted molar refractivity (Wildman–Crippen MR) is 77.2 cm³/mol. The van der Waals surface area contributed by atoms with Gasteiger partial charge >= 0.3 is 0 Å². The van der Waals surface area contributed by atoms with E-state index < -0.39 is 5.92 Å². The highest BCUT2D eigenvalue weighted by Crippen LogP contribution is 2.36. The van der Waals surface area contributed by atoms with Crippen molar-refractivity contribution in [2.45, 2.75) is 19.8 Å². The number of nitrogens with one attached hydrogen (secondary N) is 1. The average molecular weight is 297 g/mol. The average Bonchev–Trinajstić information content (AvgIpc) is 2.44. The molecule has 0 fully saturated rings. The number of carbonyl (C=O) groups excluding carboxylic acids is 1. The van der Waals surface area contributed by atoms with Crippen LogP contribution in [0.25, 0.3) is 0 Å². The van der Waals surface area contributed by atoms with Gasteiger partial charge in [-0.25, -0.2) is 0 Å². The molecule has 1 aromatic rings. The van der Waals surface area contributed by atoms with Crippen LogP contribution in [0.15, 0.2) is 12.1 Å². The fraction of sp³-hybridized carbons (Fsp3) is 0.429.